The van der Waals surface area contributed by atoms with Gasteiger partial charge < -0.3 is 15.0 Å². The van der Waals surface area contributed by atoms with Gasteiger partial charge in [0, 0.05) is 24.8 Å². The van der Waals surface area contributed by atoms with Crippen molar-refractivity contribution in [3.8, 4) is 0 Å². The highest BCUT2D eigenvalue weighted by Crippen LogP contribution is 2.29. The number of aromatic nitrogens is 1. The lowest BCUT2D eigenvalue weighted by molar-refractivity contribution is -0.00546. The molecule has 1 aliphatic carbocycles. The lowest BCUT2D eigenvalue weighted by atomic mass is 10.0. The number of nitrogens with one attached hydrogen (secondary N) is 1. The van der Waals surface area contributed by atoms with E-state index in [0.717, 1.165) is 31.7 Å². The van der Waals surface area contributed by atoms with Crippen LogP contribution >= 0.6 is 0 Å². The zero-order chi connectivity index (χ0) is 16.4. The van der Waals surface area contributed by atoms with E-state index < -0.39 is 0 Å². The first kappa shape index (κ1) is 16.2. The third-order valence-corrected chi connectivity index (χ3v) is 4.88. The summed E-state index contributed by atoms with van der Waals surface area (Å²) in [5.74, 6) is 0.896. The van der Waals surface area contributed by atoms with Crippen molar-refractivity contribution in [1.82, 2.24) is 10.3 Å². The summed E-state index contributed by atoms with van der Waals surface area (Å²) in [4.78, 5) is 19.1. The number of ether oxygens (including phenoxy) is 1. The number of morpholine rings is 1. The minimum absolute atomic E-state index is 0.0165. The monoisotopic (exact) mass is 317 g/mol. The summed E-state index contributed by atoms with van der Waals surface area (Å²) in [5, 5.41) is 3.17. The van der Waals surface area contributed by atoms with E-state index in [9.17, 15) is 4.79 Å². The van der Waals surface area contributed by atoms with Crippen molar-refractivity contribution in [3.63, 3.8) is 0 Å². The molecule has 2 heterocycles. The van der Waals surface area contributed by atoms with Gasteiger partial charge in [0.15, 0.2) is 0 Å². The smallest absolute Gasteiger partial charge is 0.253 e. The van der Waals surface area contributed by atoms with Crippen LogP contribution in [-0.2, 0) is 4.74 Å². The molecule has 0 bridgehead atoms. The molecule has 0 spiro atoms. The molecule has 1 N–H and O–H groups in total. The molecule has 2 fully saturated rings. The lowest BCUT2D eigenvalue weighted by Gasteiger charge is -2.36. The molecule has 0 aromatic carbocycles. The van der Waals surface area contributed by atoms with E-state index in [1.807, 2.05) is 12.1 Å². The largest absolute Gasteiger partial charge is 0.372 e. The Labute approximate surface area is 138 Å². The van der Waals surface area contributed by atoms with E-state index in [1.54, 1.807) is 6.20 Å². The van der Waals surface area contributed by atoms with Crippen LogP contribution in [0.25, 0.3) is 0 Å². The first-order valence-electron chi connectivity index (χ1n) is 8.64. The van der Waals surface area contributed by atoms with Crippen LogP contribution in [0.3, 0.4) is 0 Å². The lowest BCUT2D eigenvalue weighted by Crippen LogP contribution is -2.46. The predicted molar refractivity (Wildman–Crippen MR) is 90.8 cm³/mol. The van der Waals surface area contributed by atoms with Gasteiger partial charge in [0.1, 0.15) is 5.82 Å². The average Bonchev–Trinajstić information content (AvgIpc) is 2.92. The summed E-state index contributed by atoms with van der Waals surface area (Å²) in [6, 6.07) is 3.82. The van der Waals surface area contributed by atoms with Crippen molar-refractivity contribution < 1.29 is 9.53 Å². The Bertz CT molecular complexity index is 542. The highest BCUT2D eigenvalue weighted by Gasteiger charge is 2.30. The Morgan fingerprint density at radius 1 is 1.26 bits per heavy atom. The second-order valence-electron chi connectivity index (χ2n) is 7.29. The van der Waals surface area contributed by atoms with E-state index in [4.69, 9.17) is 4.74 Å². The van der Waals surface area contributed by atoms with Gasteiger partial charge >= 0.3 is 0 Å². The number of pyridine rings is 1. The van der Waals surface area contributed by atoms with Crippen molar-refractivity contribution >= 4 is 11.7 Å². The number of carbonyl (C=O) groups excluding carboxylic acids is 1. The summed E-state index contributed by atoms with van der Waals surface area (Å²) in [6.45, 7) is 7.96. The maximum atomic E-state index is 12.4. The molecule has 2 aliphatic rings. The summed E-state index contributed by atoms with van der Waals surface area (Å²) in [5.41, 5.74) is 0.585. The van der Waals surface area contributed by atoms with Crippen LogP contribution in [0.2, 0.25) is 0 Å². The van der Waals surface area contributed by atoms with Gasteiger partial charge in [0.25, 0.3) is 5.91 Å². The second kappa shape index (κ2) is 6.48. The number of nitrogens with zero attached hydrogens (tertiary/aromatic N) is 2. The molecule has 0 radical (unpaired) electrons. The fraction of sp³-hybridized carbons (Fsp3) is 0.667. The van der Waals surface area contributed by atoms with Crippen LogP contribution in [0, 0.1) is 0 Å². The Kier molecular flexibility index (Phi) is 4.57. The van der Waals surface area contributed by atoms with Crippen LogP contribution in [-0.4, -0.2) is 41.7 Å². The molecule has 1 saturated heterocycles. The van der Waals surface area contributed by atoms with Gasteiger partial charge in [-0.15, -0.1) is 0 Å². The SMILES string of the molecule is CC1CN(c2ccc(C(=O)NC3(C)CCCC3)cn2)CC(C)O1. The van der Waals surface area contributed by atoms with Crippen LogP contribution in [0.5, 0.6) is 0 Å². The molecule has 1 saturated carbocycles. The highest BCUT2D eigenvalue weighted by molar-refractivity contribution is 5.94. The molecule has 1 aromatic heterocycles. The molecule has 5 nitrogen and oxygen atoms in total. The minimum atomic E-state index is -0.0508. The predicted octanol–water partition coefficient (Wildman–Crippen LogP) is 2.76. The molecule has 3 rings (SSSR count). The molecular formula is C18H27N3O2. The van der Waals surface area contributed by atoms with Crippen molar-refractivity contribution in [2.75, 3.05) is 18.0 Å². The fourth-order valence-corrected chi connectivity index (χ4v) is 3.70. The van der Waals surface area contributed by atoms with Crippen molar-refractivity contribution in [3.05, 3.63) is 23.9 Å². The maximum Gasteiger partial charge on any atom is 0.253 e. The Morgan fingerprint density at radius 2 is 1.91 bits per heavy atom. The molecular weight excluding hydrogens is 290 g/mol. The van der Waals surface area contributed by atoms with Gasteiger partial charge in [-0.1, -0.05) is 12.8 Å². The number of amides is 1. The number of anilines is 1. The minimum Gasteiger partial charge on any atom is -0.372 e. The fourth-order valence-electron chi connectivity index (χ4n) is 3.70. The van der Waals surface area contributed by atoms with Crippen LogP contribution < -0.4 is 10.2 Å². The number of rotatable bonds is 3. The van der Waals surface area contributed by atoms with Crippen LogP contribution in [0.4, 0.5) is 5.82 Å². The van der Waals surface area contributed by atoms with E-state index in [2.05, 4.69) is 36.0 Å². The first-order chi connectivity index (χ1) is 11.0. The van der Waals surface area contributed by atoms with Crippen LogP contribution in [0.15, 0.2) is 18.3 Å². The Hall–Kier alpha value is -1.62. The summed E-state index contributed by atoms with van der Waals surface area (Å²) in [7, 11) is 0. The summed E-state index contributed by atoms with van der Waals surface area (Å²) in [6.07, 6.45) is 6.61. The van der Waals surface area contributed by atoms with E-state index >= 15 is 0 Å². The quantitative estimate of drug-likeness (QED) is 0.931. The molecule has 1 amide bonds. The first-order valence-corrected chi connectivity index (χ1v) is 8.64. The Morgan fingerprint density at radius 3 is 2.48 bits per heavy atom. The van der Waals surface area contributed by atoms with Gasteiger partial charge in [-0.25, -0.2) is 4.98 Å². The van der Waals surface area contributed by atoms with E-state index in [-0.39, 0.29) is 23.7 Å². The third kappa shape index (κ3) is 3.83. The molecule has 5 heteroatoms. The number of hydrogen-bond donors (Lipinski definition) is 1. The molecule has 2 unspecified atom stereocenters. The third-order valence-electron chi connectivity index (χ3n) is 4.88. The van der Waals surface area contributed by atoms with E-state index in [1.165, 1.54) is 12.8 Å². The van der Waals surface area contributed by atoms with Gasteiger partial charge in [-0.2, -0.15) is 0 Å². The van der Waals surface area contributed by atoms with Gasteiger partial charge in [0.05, 0.1) is 17.8 Å². The second-order valence-corrected chi connectivity index (χ2v) is 7.29. The van der Waals surface area contributed by atoms with Crippen molar-refractivity contribution in [2.45, 2.75) is 64.2 Å². The number of carbonyl (C=O) groups is 1. The number of hydrogen-bond acceptors (Lipinski definition) is 4. The average molecular weight is 317 g/mol. The van der Waals surface area contributed by atoms with Gasteiger partial charge in [-0.3, -0.25) is 4.79 Å². The highest BCUT2D eigenvalue weighted by atomic mass is 16.5. The van der Waals surface area contributed by atoms with Gasteiger partial charge in [0.2, 0.25) is 0 Å². The summed E-state index contributed by atoms with van der Waals surface area (Å²) >= 11 is 0. The van der Waals surface area contributed by atoms with E-state index in [0.29, 0.717) is 5.56 Å². The maximum absolute atomic E-state index is 12.4. The molecule has 23 heavy (non-hydrogen) atoms. The van der Waals surface area contributed by atoms with Crippen molar-refractivity contribution in [1.29, 1.82) is 0 Å². The molecule has 1 aliphatic heterocycles. The summed E-state index contributed by atoms with van der Waals surface area (Å²) < 4.78 is 5.75. The Balaban J connectivity index is 1.65. The molecule has 1 aromatic rings. The standard InChI is InChI=1S/C18H27N3O2/c1-13-11-21(12-14(2)23-13)16-7-6-15(10-19-16)17(22)20-18(3)8-4-5-9-18/h6-7,10,13-14H,4-5,8-9,11-12H2,1-3H3,(H,20,22). The van der Waals surface area contributed by atoms with Gasteiger partial charge in [-0.05, 0) is 45.7 Å². The normalized spacial score (nSPS) is 27.0. The molecule has 126 valence electrons. The zero-order valence-electron chi connectivity index (χ0n) is 14.3. The topological polar surface area (TPSA) is 54.5 Å². The molecule has 2 atom stereocenters. The van der Waals surface area contributed by atoms with Crippen LogP contribution in [0.1, 0.15) is 56.8 Å². The van der Waals surface area contributed by atoms with Crippen molar-refractivity contribution in [2.24, 2.45) is 0 Å². The zero-order valence-corrected chi connectivity index (χ0v) is 14.3.